The Labute approximate surface area is 238 Å². The number of hydrogen-bond donors (Lipinski definition) is 0. The molecule has 11 heteroatoms. The summed E-state index contributed by atoms with van der Waals surface area (Å²) >= 11 is 7.77. The molecule has 0 unspecified atom stereocenters. The van der Waals surface area contributed by atoms with Crippen molar-refractivity contribution in [2.24, 2.45) is 11.8 Å². The molecule has 4 aliphatic rings. The number of amides is 2. The highest BCUT2D eigenvalue weighted by Crippen LogP contribution is 2.70. The Morgan fingerprint density at radius 1 is 0.846 bits per heavy atom. The highest BCUT2D eigenvalue weighted by molar-refractivity contribution is 9.10. The van der Waals surface area contributed by atoms with E-state index in [-0.39, 0.29) is 11.3 Å². The zero-order valence-corrected chi connectivity index (χ0v) is 23.2. The van der Waals surface area contributed by atoms with Crippen LogP contribution >= 0.6 is 31.9 Å². The molecule has 3 aliphatic carbocycles. The van der Waals surface area contributed by atoms with E-state index >= 15 is 0 Å². The lowest BCUT2D eigenvalue weighted by Crippen LogP contribution is -2.56. The number of nitro groups is 1. The number of hydrogen-bond acceptors (Lipinski definition) is 7. The summed E-state index contributed by atoms with van der Waals surface area (Å²) in [6.07, 6.45) is 0. The number of nitro benzene ring substituents is 1. The van der Waals surface area contributed by atoms with Crippen molar-refractivity contribution >= 4 is 61.1 Å². The van der Waals surface area contributed by atoms with E-state index in [1.165, 1.54) is 18.2 Å². The quantitative estimate of drug-likeness (QED) is 0.0974. The molecule has 3 aromatic carbocycles. The summed E-state index contributed by atoms with van der Waals surface area (Å²) < 4.78 is 3.12. The van der Waals surface area contributed by atoms with Gasteiger partial charge in [-0.15, -0.1) is 0 Å². The van der Waals surface area contributed by atoms with Crippen molar-refractivity contribution in [1.82, 2.24) is 4.90 Å². The van der Waals surface area contributed by atoms with Gasteiger partial charge in [0.1, 0.15) is 6.54 Å². The van der Waals surface area contributed by atoms with Crippen LogP contribution in [0.5, 0.6) is 0 Å². The average Bonchev–Trinajstić information content (AvgIpc) is 3.20. The first-order valence-electron chi connectivity index (χ1n) is 12.0. The summed E-state index contributed by atoms with van der Waals surface area (Å²) in [5.41, 5.74) is 3.22. The molecule has 0 N–H and O–H groups in total. The van der Waals surface area contributed by atoms with Gasteiger partial charge in [-0.2, -0.15) is 0 Å². The van der Waals surface area contributed by atoms with Gasteiger partial charge < -0.3 is 4.74 Å². The third kappa shape index (κ3) is 3.49. The molecule has 9 nitrogen and oxygen atoms in total. The van der Waals surface area contributed by atoms with Gasteiger partial charge in [-0.3, -0.25) is 34.2 Å². The molecule has 1 aliphatic heterocycles. The third-order valence-corrected chi connectivity index (χ3v) is 10.4. The van der Waals surface area contributed by atoms with E-state index in [0.717, 1.165) is 33.2 Å². The number of non-ortho nitro benzene ring substituents is 1. The minimum absolute atomic E-state index is 0.00547. The van der Waals surface area contributed by atoms with Gasteiger partial charge in [-0.1, -0.05) is 92.5 Å². The number of halogens is 2. The number of Topliss-reactive ketones (excluding diaryl/α,β-unsaturated/α-hetero) is 1. The second kappa shape index (κ2) is 8.92. The van der Waals surface area contributed by atoms with Gasteiger partial charge in [0.25, 0.3) is 5.69 Å². The predicted molar refractivity (Wildman–Crippen MR) is 144 cm³/mol. The highest BCUT2D eigenvalue weighted by Gasteiger charge is 2.72. The lowest BCUT2D eigenvalue weighted by molar-refractivity contribution is -0.384. The summed E-state index contributed by atoms with van der Waals surface area (Å²) in [7, 11) is 0. The van der Waals surface area contributed by atoms with Crippen molar-refractivity contribution in [2.45, 2.75) is 8.65 Å². The zero-order valence-electron chi connectivity index (χ0n) is 20.0. The molecule has 2 atom stereocenters. The topological polar surface area (TPSA) is 124 Å². The summed E-state index contributed by atoms with van der Waals surface area (Å²) in [6.45, 7) is -1.35. The van der Waals surface area contributed by atoms with Crippen molar-refractivity contribution in [3.8, 4) is 0 Å². The molecule has 196 valence electrons. The fraction of sp³-hybridized carbons (Fsp3) is 0.214. The normalized spacial score (nSPS) is 26.1. The zero-order chi connectivity index (χ0) is 27.7. The first-order chi connectivity index (χ1) is 18.6. The van der Waals surface area contributed by atoms with E-state index < -0.39 is 62.1 Å². The molecule has 0 saturated carbocycles. The number of benzene rings is 3. The van der Waals surface area contributed by atoms with Crippen molar-refractivity contribution in [1.29, 1.82) is 0 Å². The minimum atomic E-state index is -0.982. The van der Waals surface area contributed by atoms with Crippen LogP contribution in [0.2, 0.25) is 0 Å². The number of imide groups is 1. The summed E-state index contributed by atoms with van der Waals surface area (Å²) in [5, 5.41) is 11.0. The lowest BCUT2D eigenvalue weighted by Gasteiger charge is -2.55. The standard InChI is InChI=1S/C28H18Br2N2O7/c29-27-17-8-1-2-9-18(17)28(30,20-11-4-3-10-19(20)27)24-23(27)25(35)31(26(24)36)13-22(34)39-14-21(33)15-6-5-7-16(12-15)32(37)38/h1-12,23-24H,13-14H2/t23-,24-,27?,28?/m1/s1. The van der Waals surface area contributed by atoms with Gasteiger partial charge in [0.05, 0.1) is 25.4 Å². The first-order valence-corrected chi connectivity index (χ1v) is 13.5. The van der Waals surface area contributed by atoms with Gasteiger partial charge >= 0.3 is 5.97 Å². The fourth-order valence-corrected chi connectivity index (χ4v) is 8.38. The number of carbonyl (C=O) groups excluding carboxylic acids is 4. The molecule has 0 radical (unpaired) electrons. The van der Waals surface area contributed by atoms with Crippen LogP contribution in [0.4, 0.5) is 5.69 Å². The number of esters is 1. The molecule has 1 heterocycles. The van der Waals surface area contributed by atoms with Crippen molar-refractivity contribution in [3.63, 3.8) is 0 Å². The van der Waals surface area contributed by atoms with Crippen molar-refractivity contribution in [3.05, 3.63) is 111 Å². The summed E-state index contributed by atoms with van der Waals surface area (Å²) in [4.78, 5) is 64.1. The number of likely N-dealkylation sites (tertiary alicyclic amines) is 1. The number of nitrogens with zero attached hydrogens (tertiary/aromatic N) is 2. The van der Waals surface area contributed by atoms with E-state index in [1.54, 1.807) is 0 Å². The first kappa shape index (κ1) is 25.6. The van der Waals surface area contributed by atoms with Gasteiger partial charge in [0.15, 0.2) is 6.61 Å². The molecule has 3 aromatic rings. The maximum atomic E-state index is 13.8. The molecule has 1 saturated heterocycles. The number of ketones is 1. The molecule has 2 bridgehead atoms. The van der Waals surface area contributed by atoms with Gasteiger partial charge in [0, 0.05) is 17.7 Å². The van der Waals surface area contributed by atoms with Crippen LogP contribution in [-0.2, 0) is 27.8 Å². The van der Waals surface area contributed by atoms with Crippen LogP contribution in [0.15, 0.2) is 72.8 Å². The highest BCUT2D eigenvalue weighted by atomic mass is 79.9. The van der Waals surface area contributed by atoms with Gasteiger partial charge in [-0.25, -0.2) is 0 Å². The average molecular weight is 654 g/mol. The van der Waals surface area contributed by atoms with Crippen LogP contribution in [0, 0.1) is 22.0 Å². The lowest BCUT2D eigenvalue weighted by atomic mass is 9.54. The van der Waals surface area contributed by atoms with Crippen LogP contribution in [0.3, 0.4) is 0 Å². The van der Waals surface area contributed by atoms with Crippen LogP contribution < -0.4 is 0 Å². The Morgan fingerprint density at radius 2 is 1.33 bits per heavy atom. The molecular formula is C28H18Br2N2O7. The van der Waals surface area contributed by atoms with Crippen LogP contribution in [0.25, 0.3) is 0 Å². The van der Waals surface area contributed by atoms with E-state index in [2.05, 4.69) is 31.9 Å². The molecule has 2 amide bonds. The summed E-state index contributed by atoms with van der Waals surface area (Å²) in [6, 6.07) is 20.3. The molecule has 7 rings (SSSR count). The Balaban J connectivity index is 1.27. The number of carbonyl (C=O) groups is 4. The van der Waals surface area contributed by atoms with Crippen LogP contribution in [0.1, 0.15) is 32.6 Å². The third-order valence-electron chi connectivity index (χ3n) is 7.71. The predicted octanol–water partition coefficient (Wildman–Crippen LogP) is 4.23. The van der Waals surface area contributed by atoms with E-state index in [0.29, 0.717) is 0 Å². The second-order valence-electron chi connectivity index (χ2n) is 9.62. The van der Waals surface area contributed by atoms with Gasteiger partial charge in [-0.05, 0) is 22.3 Å². The summed E-state index contributed by atoms with van der Waals surface area (Å²) in [5.74, 6) is -4.28. The second-order valence-corrected chi connectivity index (χ2v) is 12.1. The monoisotopic (exact) mass is 652 g/mol. The number of ether oxygens (including phenoxy) is 1. The van der Waals surface area contributed by atoms with Crippen LogP contribution in [-0.4, -0.2) is 46.5 Å². The Hall–Kier alpha value is -3.70. The Morgan fingerprint density at radius 3 is 1.79 bits per heavy atom. The largest absolute Gasteiger partial charge is 0.456 e. The van der Waals surface area contributed by atoms with E-state index in [4.69, 9.17) is 4.74 Å². The van der Waals surface area contributed by atoms with Gasteiger partial charge in [0.2, 0.25) is 17.6 Å². The Kier molecular flexibility index (Phi) is 5.85. The van der Waals surface area contributed by atoms with Crippen molar-refractivity contribution in [2.75, 3.05) is 13.2 Å². The molecule has 1 fully saturated rings. The molecule has 0 spiro atoms. The molecular weight excluding hydrogens is 636 g/mol. The fourth-order valence-electron chi connectivity index (χ4n) is 6.08. The molecule has 0 aromatic heterocycles. The maximum Gasteiger partial charge on any atom is 0.326 e. The maximum absolute atomic E-state index is 13.8. The number of alkyl halides is 2. The molecule has 39 heavy (non-hydrogen) atoms. The smallest absolute Gasteiger partial charge is 0.326 e. The SMILES string of the molecule is O=C(CN1C(=O)[C@H]2[C@H](C1=O)C1(Br)c3ccccc3C2(Br)c2ccccc21)OCC(=O)c1cccc([N+](=O)[O-])c1. The van der Waals surface area contributed by atoms with Crippen molar-refractivity contribution < 1.29 is 28.8 Å². The Bertz CT molecular complexity index is 1500. The minimum Gasteiger partial charge on any atom is -0.456 e. The van der Waals surface area contributed by atoms with E-state index in [9.17, 15) is 29.3 Å². The number of rotatable bonds is 6. The van der Waals surface area contributed by atoms with E-state index in [1.807, 2.05) is 48.5 Å².